The smallest absolute Gasteiger partial charge is 0.161 e. The van der Waals surface area contributed by atoms with Crippen LogP contribution in [0.1, 0.15) is 50.3 Å². The molecule has 1 fully saturated rings. The molecule has 1 N–H and O–H groups in total. The van der Waals surface area contributed by atoms with Gasteiger partial charge in [-0.25, -0.2) is 0 Å². The van der Waals surface area contributed by atoms with Crippen LogP contribution in [0.2, 0.25) is 0 Å². The van der Waals surface area contributed by atoms with Crippen LogP contribution in [0.3, 0.4) is 0 Å². The Morgan fingerprint density at radius 2 is 1.81 bits per heavy atom. The SMILES string of the molecule is CNC(c1cc(OC)c(OC)cc1C)C1CCCC1(C)C. The second-order valence-corrected chi connectivity index (χ2v) is 6.82. The van der Waals surface area contributed by atoms with Crippen molar-refractivity contribution < 1.29 is 9.47 Å². The Morgan fingerprint density at radius 3 is 2.29 bits per heavy atom. The van der Waals surface area contributed by atoms with Crippen molar-refractivity contribution in [2.75, 3.05) is 21.3 Å². The first kappa shape index (κ1) is 16.2. The first-order valence-electron chi connectivity index (χ1n) is 7.84. The van der Waals surface area contributed by atoms with Crippen molar-refractivity contribution in [2.24, 2.45) is 11.3 Å². The molecule has 1 saturated carbocycles. The standard InChI is InChI=1S/C18H29NO2/c1-12-10-15(20-5)16(21-6)11-13(12)17(19-4)14-8-7-9-18(14,2)3/h10-11,14,17,19H,7-9H2,1-6H3. The van der Waals surface area contributed by atoms with E-state index in [1.807, 2.05) is 0 Å². The minimum absolute atomic E-state index is 0.363. The van der Waals surface area contributed by atoms with Gasteiger partial charge in [0.2, 0.25) is 0 Å². The zero-order chi connectivity index (χ0) is 15.6. The molecule has 3 nitrogen and oxygen atoms in total. The van der Waals surface area contributed by atoms with Crippen molar-refractivity contribution >= 4 is 0 Å². The van der Waals surface area contributed by atoms with Crippen molar-refractivity contribution in [1.29, 1.82) is 0 Å². The highest BCUT2D eigenvalue weighted by atomic mass is 16.5. The molecule has 1 aromatic rings. The number of hydrogen-bond acceptors (Lipinski definition) is 3. The molecule has 0 heterocycles. The van der Waals surface area contributed by atoms with Gasteiger partial charge in [-0.15, -0.1) is 0 Å². The van der Waals surface area contributed by atoms with E-state index in [1.165, 1.54) is 30.4 Å². The lowest BCUT2D eigenvalue weighted by molar-refractivity contribution is 0.203. The Labute approximate surface area is 129 Å². The summed E-state index contributed by atoms with van der Waals surface area (Å²) in [5, 5.41) is 3.55. The zero-order valence-electron chi connectivity index (χ0n) is 14.2. The van der Waals surface area contributed by atoms with Crippen molar-refractivity contribution in [2.45, 2.75) is 46.1 Å². The molecule has 1 aliphatic carbocycles. The number of nitrogens with one attached hydrogen (secondary N) is 1. The van der Waals surface area contributed by atoms with Gasteiger partial charge in [0.1, 0.15) is 0 Å². The Morgan fingerprint density at radius 1 is 1.19 bits per heavy atom. The largest absolute Gasteiger partial charge is 0.493 e. The second-order valence-electron chi connectivity index (χ2n) is 6.82. The quantitative estimate of drug-likeness (QED) is 0.886. The van der Waals surface area contributed by atoms with Crippen molar-refractivity contribution in [3.05, 3.63) is 23.3 Å². The minimum Gasteiger partial charge on any atom is -0.493 e. The van der Waals surface area contributed by atoms with Crippen molar-refractivity contribution in [3.8, 4) is 11.5 Å². The summed E-state index contributed by atoms with van der Waals surface area (Å²) in [5.41, 5.74) is 2.97. The van der Waals surface area contributed by atoms with E-state index in [0.717, 1.165) is 11.5 Å². The first-order valence-corrected chi connectivity index (χ1v) is 7.84. The van der Waals surface area contributed by atoms with Crippen LogP contribution in [0.15, 0.2) is 12.1 Å². The molecule has 0 aromatic heterocycles. The number of ether oxygens (including phenoxy) is 2. The summed E-state index contributed by atoms with van der Waals surface area (Å²) in [6, 6.07) is 4.59. The van der Waals surface area contributed by atoms with Crippen LogP contribution in [0, 0.1) is 18.3 Å². The highest BCUT2D eigenvalue weighted by molar-refractivity contribution is 5.48. The van der Waals surface area contributed by atoms with Gasteiger partial charge in [0.25, 0.3) is 0 Å². The average Bonchev–Trinajstić information content (AvgIpc) is 2.80. The van der Waals surface area contributed by atoms with E-state index in [9.17, 15) is 0 Å². The van der Waals surface area contributed by atoms with Gasteiger partial charge in [0, 0.05) is 6.04 Å². The lowest BCUT2D eigenvalue weighted by Gasteiger charge is -2.35. The Bertz CT molecular complexity index is 496. The Hall–Kier alpha value is -1.22. The van der Waals surface area contributed by atoms with Gasteiger partial charge in [0.05, 0.1) is 14.2 Å². The summed E-state index contributed by atoms with van der Waals surface area (Å²) in [5.74, 6) is 2.27. The van der Waals surface area contributed by atoms with Gasteiger partial charge < -0.3 is 14.8 Å². The Kier molecular flexibility index (Phi) is 4.82. The van der Waals surface area contributed by atoms with Gasteiger partial charge in [-0.05, 0) is 61.4 Å². The fourth-order valence-electron chi connectivity index (χ4n) is 3.88. The van der Waals surface area contributed by atoms with E-state index in [0.29, 0.717) is 17.4 Å². The van der Waals surface area contributed by atoms with Gasteiger partial charge in [0.15, 0.2) is 11.5 Å². The maximum Gasteiger partial charge on any atom is 0.161 e. The third-order valence-electron chi connectivity index (χ3n) is 5.16. The number of benzene rings is 1. The van der Waals surface area contributed by atoms with Crippen LogP contribution in [0.25, 0.3) is 0 Å². The van der Waals surface area contributed by atoms with Gasteiger partial charge in [-0.3, -0.25) is 0 Å². The number of rotatable bonds is 5. The molecule has 0 spiro atoms. The monoisotopic (exact) mass is 291 g/mol. The van der Waals surface area contributed by atoms with Crippen LogP contribution in [-0.2, 0) is 0 Å². The first-order chi connectivity index (χ1) is 9.94. The molecule has 1 aliphatic rings. The maximum absolute atomic E-state index is 5.49. The minimum atomic E-state index is 0.363. The molecule has 0 aliphatic heterocycles. The van der Waals surface area contributed by atoms with E-state index in [1.54, 1.807) is 14.2 Å². The molecular formula is C18H29NO2. The van der Waals surface area contributed by atoms with Gasteiger partial charge >= 0.3 is 0 Å². The Balaban J connectivity index is 2.43. The molecule has 21 heavy (non-hydrogen) atoms. The topological polar surface area (TPSA) is 30.5 Å². The highest BCUT2D eigenvalue weighted by Gasteiger charge is 2.40. The van der Waals surface area contributed by atoms with Gasteiger partial charge in [-0.2, -0.15) is 0 Å². The van der Waals surface area contributed by atoms with E-state index in [-0.39, 0.29) is 0 Å². The van der Waals surface area contributed by atoms with Crippen LogP contribution in [0.4, 0.5) is 0 Å². The molecular weight excluding hydrogens is 262 g/mol. The number of aryl methyl sites for hydroxylation is 1. The molecule has 118 valence electrons. The third kappa shape index (κ3) is 3.03. The zero-order valence-corrected chi connectivity index (χ0v) is 14.2. The lowest BCUT2D eigenvalue weighted by Crippen LogP contribution is -2.32. The summed E-state index contributed by atoms with van der Waals surface area (Å²) >= 11 is 0. The fourth-order valence-corrected chi connectivity index (χ4v) is 3.88. The molecule has 2 unspecified atom stereocenters. The summed E-state index contributed by atoms with van der Waals surface area (Å²) in [7, 11) is 5.45. The molecule has 0 radical (unpaired) electrons. The van der Waals surface area contributed by atoms with Crippen LogP contribution >= 0.6 is 0 Å². The fraction of sp³-hybridized carbons (Fsp3) is 0.667. The van der Waals surface area contributed by atoms with Crippen LogP contribution in [0.5, 0.6) is 11.5 Å². The molecule has 3 heteroatoms. The van der Waals surface area contributed by atoms with Crippen molar-refractivity contribution in [1.82, 2.24) is 5.32 Å². The van der Waals surface area contributed by atoms with E-state index in [2.05, 4.69) is 45.3 Å². The van der Waals surface area contributed by atoms with Gasteiger partial charge in [-0.1, -0.05) is 20.3 Å². The molecule has 0 saturated heterocycles. The summed E-state index contributed by atoms with van der Waals surface area (Å²) < 4.78 is 10.9. The van der Waals surface area contributed by atoms with Crippen LogP contribution < -0.4 is 14.8 Å². The number of methoxy groups -OCH3 is 2. The summed E-state index contributed by atoms with van der Waals surface area (Å²) in [4.78, 5) is 0. The molecule has 2 atom stereocenters. The highest BCUT2D eigenvalue weighted by Crippen LogP contribution is 2.49. The normalized spacial score (nSPS) is 22.1. The summed E-state index contributed by atoms with van der Waals surface area (Å²) in [6.45, 7) is 6.94. The molecule has 0 amide bonds. The van der Waals surface area contributed by atoms with Crippen LogP contribution in [-0.4, -0.2) is 21.3 Å². The molecule has 0 bridgehead atoms. The number of hydrogen-bond donors (Lipinski definition) is 1. The van der Waals surface area contributed by atoms with E-state index in [4.69, 9.17) is 9.47 Å². The third-order valence-corrected chi connectivity index (χ3v) is 5.16. The van der Waals surface area contributed by atoms with Crippen molar-refractivity contribution in [3.63, 3.8) is 0 Å². The predicted molar refractivity (Wildman–Crippen MR) is 87.2 cm³/mol. The predicted octanol–water partition coefficient (Wildman–Crippen LogP) is 4.10. The lowest BCUT2D eigenvalue weighted by atomic mass is 9.75. The maximum atomic E-state index is 5.49. The van der Waals surface area contributed by atoms with E-state index < -0.39 is 0 Å². The molecule has 2 rings (SSSR count). The second kappa shape index (κ2) is 6.27. The van der Waals surface area contributed by atoms with E-state index >= 15 is 0 Å². The molecule has 1 aromatic carbocycles. The summed E-state index contributed by atoms with van der Waals surface area (Å²) in [6.07, 6.45) is 3.91. The average molecular weight is 291 g/mol.